The number of benzene rings is 1. The van der Waals surface area contributed by atoms with E-state index < -0.39 is 0 Å². The van der Waals surface area contributed by atoms with Gasteiger partial charge in [0.25, 0.3) is 0 Å². The van der Waals surface area contributed by atoms with E-state index in [0.29, 0.717) is 18.7 Å². The molecule has 2 aromatic rings. The van der Waals surface area contributed by atoms with Crippen LogP contribution in [-0.4, -0.2) is 39.5 Å². The van der Waals surface area contributed by atoms with E-state index in [1.807, 2.05) is 10.8 Å². The smallest absolute Gasteiger partial charge is 0.230 e. The van der Waals surface area contributed by atoms with Crippen molar-refractivity contribution in [3.8, 4) is 5.69 Å². The molecule has 0 saturated carbocycles. The summed E-state index contributed by atoms with van der Waals surface area (Å²) in [5.41, 5.74) is 3.44. The van der Waals surface area contributed by atoms with Crippen LogP contribution >= 0.6 is 11.8 Å². The van der Waals surface area contributed by atoms with Gasteiger partial charge in [-0.25, -0.2) is 4.98 Å². The van der Waals surface area contributed by atoms with Crippen LogP contribution in [0.15, 0.2) is 35.7 Å². The second kappa shape index (κ2) is 8.00. The molecule has 2 N–H and O–H groups in total. The highest BCUT2D eigenvalue weighted by Gasteiger charge is 2.10. The molecular weight excluding hydrogens is 298 g/mol. The number of hydrogen-bond donors (Lipinski definition) is 2. The summed E-state index contributed by atoms with van der Waals surface area (Å²) >= 11 is 1.41. The number of carbonyl (C=O) groups is 1. The Hall–Kier alpha value is -1.79. The predicted octanol–water partition coefficient (Wildman–Crippen LogP) is 2.08. The maximum Gasteiger partial charge on any atom is 0.230 e. The van der Waals surface area contributed by atoms with Gasteiger partial charge >= 0.3 is 0 Å². The van der Waals surface area contributed by atoms with E-state index in [2.05, 4.69) is 42.3 Å². The topological polar surface area (TPSA) is 67.2 Å². The van der Waals surface area contributed by atoms with Crippen molar-refractivity contribution in [3.05, 3.63) is 41.7 Å². The van der Waals surface area contributed by atoms with Crippen molar-refractivity contribution >= 4 is 17.7 Å². The lowest BCUT2D eigenvalue weighted by molar-refractivity contribution is -0.118. The zero-order valence-corrected chi connectivity index (χ0v) is 13.7. The second-order valence-corrected chi connectivity index (χ2v) is 6.03. The second-order valence-electron chi connectivity index (χ2n) is 5.09. The molecule has 0 bridgehead atoms. The van der Waals surface area contributed by atoms with Crippen molar-refractivity contribution in [2.24, 2.45) is 0 Å². The Morgan fingerprint density at radius 3 is 3.00 bits per heavy atom. The maximum absolute atomic E-state index is 11.7. The quantitative estimate of drug-likeness (QED) is 0.606. The maximum atomic E-state index is 11.7. The molecule has 0 unspecified atom stereocenters. The molecule has 0 radical (unpaired) electrons. The number of hydrogen-bond acceptors (Lipinski definition) is 4. The number of amides is 1. The highest BCUT2D eigenvalue weighted by Crippen LogP contribution is 2.23. The normalized spacial score (nSPS) is 10.7. The zero-order chi connectivity index (χ0) is 15.9. The summed E-state index contributed by atoms with van der Waals surface area (Å²) in [5, 5.41) is 12.3. The summed E-state index contributed by atoms with van der Waals surface area (Å²) in [6.45, 7) is 4.71. The molecule has 0 aliphatic rings. The van der Waals surface area contributed by atoms with E-state index in [4.69, 9.17) is 5.11 Å². The van der Waals surface area contributed by atoms with Crippen LogP contribution in [0.3, 0.4) is 0 Å². The van der Waals surface area contributed by atoms with Crippen LogP contribution in [0, 0.1) is 13.8 Å². The molecule has 0 aliphatic carbocycles. The van der Waals surface area contributed by atoms with Crippen LogP contribution in [0.5, 0.6) is 0 Å². The summed E-state index contributed by atoms with van der Waals surface area (Å²) in [6.07, 6.45) is 4.23. The van der Waals surface area contributed by atoms with E-state index in [9.17, 15) is 4.79 Å². The third-order valence-corrected chi connectivity index (χ3v) is 4.19. The van der Waals surface area contributed by atoms with E-state index in [1.54, 1.807) is 6.20 Å². The molecule has 6 heteroatoms. The highest BCUT2D eigenvalue weighted by molar-refractivity contribution is 7.99. The molecule has 118 valence electrons. The fraction of sp³-hybridized carbons (Fsp3) is 0.375. The SMILES string of the molecule is Cc1ccc(C)c(-n2ccnc2SCC(=O)NCCCO)c1. The van der Waals surface area contributed by atoms with Gasteiger partial charge < -0.3 is 10.4 Å². The average Bonchev–Trinajstić information content (AvgIpc) is 2.96. The number of aliphatic hydroxyl groups excluding tert-OH is 1. The number of aromatic nitrogens is 2. The van der Waals surface area contributed by atoms with Crippen LogP contribution in [0.2, 0.25) is 0 Å². The Morgan fingerprint density at radius 1 is 1.41 bits per heavy atom. The number of nitrogens with zero attached hydrogens (tertiary/aromatic N) is 2. The number of thioether (sulfide) groups is 1. The lowest BCUT2D eigenvalue weighted by Gasteiger charge is -2.11. The summed E-state index contributed by atoms with van der Waals surface area (Å²) in [5.74, 6) is 0.266. The van der Waals surface area contributed by atoms with Gasteiger partial charge in [0.05, 0.1) is 11.4 Å². The molecule has 5 nitrogen and oxygen atoms in total. The fourth-order valence-corrected chi connectivity index (χ4v) is 2.84. The number of rotatable bonds is 7. The lowest BCUT2D eigenvalue weighted by atomic mass is 10.1. The van der Waals surface area contributed by atoms with Crippen LogP contribution in [0.1, 0.15) is 17.5 Å². The number of imidazole rings is 1. The first-order chi connectivity index (χ1) is 10.6. The van der Waals surface area contributed by atoms with Gasteiger partial charge in [-0.1, -0.05) is 23.9 Å². The first kappa shape index (κ1) is 16.6. The number of carbonyl (C=O) groups excluding carboxylic acids is 1. The third kappa shape index (κ3) is 4.35. The van der Waals surface area contributed by atoms with Crippen LogP contribution in [-0.2, 0) is 4.79 Å². The largest absolute Gasteiger partial charge is 0.396 e. The monoisotopic (exact) mass is 319 g/mol. The molecule has 0 fully saturated rings. The third-order valence-electron chi connectivity index (χ3n) is 3.22. The van der Waals surface area contributed by atoms with Crippen LogP contribution in [0.4, 0.5) is 0 Å². The van der Waals surface area contributed by atoms with E-state index >= 15 is 0 Å². The van der Waals surface area contributed by atoms with Gasteiger partial charge in [-0.05, 0) is 37.5 Å². The fourth-order valence-electron chi connectivity index (χ4n) is 2.05. The van der Waals surface area contributed by atoms with Crippen LogP contribution in [0.25, 0.3) is 5.69 Å². The zero-order valence-electron chi connectivity index (χ0n) is 12.9. The minimum atomic E-state index is -0.0473. The van der Waals surface area contributed by atoms with Crippen molar-refractivity contribution < 1.29 is 9.90 Å². The Morgan fingerprint density at radius 2 is 2.23 bits per heavy atom. The molecule has 0 aliphatic heterocycles. The molecule has 1 amide bonds. The first-order valence-electron chi connectivity index (χ1n) is 7.23. The summed E-state index contributed by atoms with van der Waals surface area (Å²) < 4.78 is 2.01. The molecule has 0 atom stereocenters. The summed E-state index contributed by atoms with van der Waals surface area (Å²) in [4.78, 5) is 16.1. The van der Waals surface area contributed by atoms with Crippen molar-refractivity contribution in [2.45, 2.75) is 25.4 Å². The molecule has 1 aromatic heterocycles. The van der Waals surface area contributed by atoms with Crippen molar-refractivity contribution in [1.82, 2.24) is 14.9 Å². The van der Waals surface area contributed by atoms with Gasteiger partial charge in [0, 0.05) is 25.5 Å². The molecule has 0 saturated heterocycles. The van der Waals surface area contributed by atoms with Gasteiger partial charge in [0.2, 0.25) is 5.91 Å². The van der Waals surface area contributed by atoms with E-state index in [1.165, 1.54) is 17.3 Å². The number of nitrogens with one attached hydrogen (secondary N) is 1. The molecular formula is C16H21N3O2S. The molecule has 1 aromatic carbocycles. The summed E-state index contributed by atoms with van der Waals surface area (Å²) in [6, 6.07) is 6.28. The van der Waals surface area contributed by atoms with Crippen molar-refractivity contribution in [3.63, 3.8) is 0 Å². The minimum absolute atomic E-state index is 0.0473. The summed E-state index contributed by atoms with van der Waals surface area (Å²) in [7, 11) is 0. The first-order valence-corrected chi connectivity index (χ1v) is 8.21. The highest BCUT2D eigenvalue weighted by atomic mass is 32.2. The van der Waals surface area contributed by atoms with E-state index in [-0.39, 0.29) is 12.5 Å². The Bertz CT molecular complexity index is 640. The van der Waals surface area contributed by atoms with Gasteiger partial charge in [0.15, 0.2) is 5.16 Å². The Kier molecular flexibility index (Phi) is 6.03. The molecule has 0 spiro atoms. The van der Waals surface area contributed by atoms with Gasteiger partial charge in [-0.15, -0.1) is 0 Å². The Balaban J connectivity index is 2.04. The average molecular weight is 319 g/mol. The molecule has 22 heavy (non-hydrogen) atoms. The van der Waals surface area contributed by atoms with Crippen molar-refractivity contribution in [1.29, 1.82) is 0 Å². The number of aryl methyl sites for hydroxylation is 2. The minimum Gasteiger partial charge on any atom is -0.396 e. The van der Waals surface area contributed by atoms with Gasteiger partial charge in [-0.3, -0.25) is 9.36 Å². The standard InChI is InChI=1S/C16H21N3O2S/c1-12-4-5-13(2)14(10-12)19-8-7-18-16(19)22-11-15(21)17-6-3-9-20/h4-5,7-8,10,20H,3,6,9,11H2,1-2H3,(H,17,21). The predicted molar refractivity (Wildman–Crippen MR) is 88.5 cm³/mol. The molecule has 2 rings (SSSR count). The Labute approximate surface area is 134 Å². The van der Waals surface area contributed by atoms with E-state index in [0.717, 1.165) is 16.4 Å². The van der Waals surface area contributed by atoms with Crippen molar-refractivity contribution in [2.75, 3.05) is 18.9 Å². The van der Waals surface area contributed by atoms with Gasteiger partial charge in [0.1, 0.15) is 0 Å². The molecule has 1 heterocycles. The number of aliphatic hydroxyl groups is 1. The van der Waals surface area contributed by atoms with Crippen LogP contribution < -0.4 is 5.32 Å². The lowest BCUT2D eigenvalue weighted by Crippen LogP contribution is -2.26. The van der Waals surface area contributed by atoms with Gasteiger partial charge in [-0.2, -0.15) is 0 Å².